The molecule has 0 aliphatic carbocycles. The van der Waals surface area contributed by atoms with E-state index in [9.17, 15) is 79.4 Å². The lowest BCUT2D eigenvalue weighted by molar-refractivity contribution is -0.548. The maximum atomic E-state index is 14.4. The summed E-state index contributed by atoms with van der Waals surface area (Å²) in [6.45, 7) is 1.16. The number of halogens is 17. The Hall–Kier alpha value is -2.65. The standard InChI is InChI=1S/C15H7F17N2O3/c1-5-2-3-33-6(4-5)34-7(35)8(16,11(20,21)22)36-15(31,32)10(19,13(26,27)28)37-14(29,30)9(17,18)12(23,24)25/h2-4H,1H3,(H,33,34,35). The van der Waals surface area contributed by atoms with Gasteiger partial charge in [-0.05, 0) is 24.6 Å². The van der Waals surface area contributed by atoms with E-state index in [1.807, 2.05) is 4.74 Å². The van der Waals surface area contributed by atoms with Crippen LogP contribution in [0.4, 0.5) is 80.5 Å². The Bertz CT molecular complexity index is 989. The number of nitrogens with zero attached hydrogens (tertiary/aromatic N) is 1. The van der Waals surface area contributed by atoms with Gasteiger partial charge in [0.2, 0.25) is 0 Å². The van der Waals surface area contributed by atoms with Crippen molar-refractivity contribution in [1.29, 1.82) is 0 Å². The van der Waals surface area contributed by atoms with Crippen LogP contribution in [0, 0.1) is 6.92 Å². The molecule has 2 unspecified atom stereocenters. The monoisotopic (exact) mass is 586 g/mol. The molecule has 37 heavy (non-hydrogen) atoms. The van der Waals surface area contributed by atoms with Gasteiger partial charge in [-0.15, -0.1) is 0 Å². The molecule has 0 saturated carbocycles. The smallest absolute Gasteiger partial charge is 0.305 e. The molecular weight excluding hydrogens is 579 g/mol. The second-order valence-corrected chi connectivity index (χ2v) is 6.67. The fourth-order valence-electron chi connectivity index (χ4n) is 1.96. The van der Waals surface area contributed by atoms with Crippen LogP contribution >= 0.6 is 0 Å². The molecule has 1 rings (SSSR count). The summed E-state index contributed by atoms with van der Waals surface area (Å²) in [6, 6.07) is 1.69. The van der Waals surface area contributed by atoms with Gasteiger partial charge in [0.05, 0.1) is 0 Å². The Morgan fingerprint density at radius 2 is 1.22 bits per heavy atom. The number of carbonyl (C=O) groups is 1. The fraction of sp³-hybridized carbons (Fsp3) is 0.600. The lowest BCUT2D eigenvalue weighted by atomic mass is 10.2. The molecule has 1 aromatic heterocycles. The van der Waals surface area contributed by atoms with E-state index in [1.165, 1.54) is 4.74 Å². The predicted octanol–water partition coefficient (Wildman–Crippen LogP) is 6.20. The van der Waals surface area contributed by atoms with Crippen molar-refractivity contribution in [2.45, 2.75) is 55.3 Å². The number of hydrogen-bond acceptors (Lipinski definition) is 4. The van der Waals surface area contributed by atoms with Gasteiger partial charge in [-0.3, -0.25) is 14.3 Å². The predicted molar refractivity (Wildman–Crippen MR) is 80.5 cm³/mol. The zero-order chi connectivity index (χ0) is 29.7. The van der Waals surface area contributed by atoms with Crippen LogP contribution in [0.1, 0.15) is 5.56 Å². The topological polar surface area (TPSA) is 60.5 Å². The first-order valence-electron chi connectivity index (χ1n) is 8.41. The second kappa shape index (κ2) is 9.27. The van der Waals surface area contributed by atoms with Crippen LogP contribution < -0.4 is 5.32 Å². The number of nitrogens with one attached hydrogen (secondary N) is 1. The van der Waals surface area contributed by atoms with Crippen LogP contribution in [-0.2, 0) is 14.3 Å². The third kappa shape index (κ3) is 5.93. The highest BCUT2D eigenvalue weighted by Gasteiger charge is 2.85. The highest BCUT2D eigenvalue weighted by atomic mass is 19.4. The van der Waals surface area contributed by atoms with Crippen LogP contribution in [0.3, 0.4) is 0 Å². The Morgan fingerprint density at radius 1 is 0.730 bits per heavy atom. The van der Waals surface area contributed by atoms with Crippen LogP contribution in [0.5, 0.6) is 0 Å². The van der Waals surface area contributed by atoms with Gasteiger partial charge in [-0.2, -0.15) is 74.6 Å². The van der Waals surface area contributed by atoms with Crippen LogP contribution in [0.2, 0.25) is 0 Å². The number of carbonyl (C=O) groups excluding carboxylic acids is 1. The molecule has 0 radical (unpaired) electrons. The van der Waals surface area contributed by atoms with Gasteiger partial charge in [0.15, 0.2) is 0 Å². The first kappa shape index (κ1) is 32.4. The van der Waals surface area contributed by atoms with Gasteiger partial charge in [0, 0.05) is 6.20 Å². The second-order valence-electron chi connectivity index (χ2n) is 6.67. The molecule has 0 saturated heterocycles. The Morgan fingerprint density at radius 3 is 1.59 bits per heavy atom. The lowest BCUT2D eigenvalue weighted by Gasteiger charge is -2.40. The molecule has 2 atom stereocenters. The Labute approximate surface area is 191 Å². The molecule has 0 aromatic carbocycles. The molecule has 0 bridgehead atoms. The van der Waals surface area contributed by atoms with E-state index in [1.54, 1.807) is 0 Å². The quantitative estimate of drug-likeness (QED) is 0.369. The summed E-state index contributed by atoms with van der Waals surface area (Å²) >= 11 is 0. The van der Waals surface area contributed by atoms with Gasteiger partial charge >= 0.3 is 54.3 Å². The van der Waals surface area contributed by atoms with E-state index in [2.05, 4.69) is 4.98 Å². The average Bonchev–Trinajstić information content (AvgIpc) is 2.64. The first-order valence-corrected chi connectivity index (χ1v) is 8.41. The van der Waals surface area contributed by atoms with Crippen molar-refractivity contribution >= 4 is 11.7 Å². The van der Waals surface area contributed by atoms with Crippen molar-refractivity contribution in [3.8, 4) is 0 Å². The molecule has 1 aromatic rings. The number of alkyl halides is 17. The summed E-state index contributed by atoms with van der Waals surface area (Å²) in [4.78, 5) is 14.7. The summed E-state index contributed by atoms with van der Waals surface area (Å²) in [7, 11) is 0. The highest BCUT2D eigenvalue weighted by molar-refractivity contribution is 5.96. The summed E-state index contributed by atoms with van der Waals surface area (Å²) in [5.41, 5.74) is 0.0223. The number of pyridine rings is 1. The van der Waals surface area contributed by atoms with E-state index in [0.29, 0.717) is 12.3 Å². The minimum Gasteiger partial charge on any atom is -0.305 e. The SMILES string of the molecule is Cc1ccnc(NC(=O)C(F)(OC(F)(F)C(F)(OC(F)(F)C(F)(F)C(F)(F)F)C(F)(F)F)C(F)(F)F)c1. The normalized spacial score (nSPS) is 17.7. The van der Waals surface area contributed by atoms with E-state index < -0.39 is 60.1 Å². The molecule has 1 amide bonds. The summed E-state index contributed by atoms with van der Waals surface area (Å²) in [6.07, 6.45) is -37.9. The third-order valence-electron chi connectivity index (χ3n) is 3.81. The molecule has 22 heteroatoms. The third-order valence-corrected chi connectivity index (χ3v) is 3.81. The molecule has 1 N–H and O–H groups in total. The van der Waals surface area contributed by atoms with Crippen LogP contribution in [0.15, 0.2) is 18.3 Å². The maximum Gasteiger partial charge on any atom is 0.462 e. The van der Waals surface area contributed by atoms with Crippen molar-refractivity contribution in [2.75, 3.05) is 5.32 Å². The summed E-state index contributed by atoms with van der Waals surface area (Å²) < 4.78 is 226. The van der Waals surface area contributed by atoms with Crippen molar-refractivity contribution in [3.63, 3.8) is 0 Å². The molecule has 1 heterocycles. The number of ether oxygens (including phenoxy) is 2. The number of anilines is 1. The molecule has 0 fully saturated rings. The van der Waals surface area contributed by atoms with Gasteiger partial charge in [-0.25, -0.2) is 4.98 Å². The summed E-state index contributed by atoms with van der Waals surface area (Å²) in [5.74, 6) is -27.4. The van der Waals surface area contributed by atoms with Gasteiger partial charge in [0.1, 0.15) is 5.82 Å². The minimum atomic E-state index is -8.07. The number of aryl methyl sites for hydroxylation is 1. The zero-order valence-corrected chi connectivity index (χ0v) is 16.8. The zero-order valence-electron chi connectivity index (χ0n) is 16.8. The Balaban J connectivity index is 3.63. The van der Waals surface area contributed by atoms with Crippen molar-refractivity contribution in [3.05, 3.63) is 23.9 Å². The summed E-state index contributed by atoms with van der Waals surface area (Å²) in [5, 5.41) is 0.770. The van der Waals surface area contributed by atoms with E-state index in [-0.39, 0.29) is 5.56 Å². The van der Waals surface area contributed by atoms with Crippen LogP contribution in [-0.4, -0.2) is 59.3 Å². The molecule has 0 aliphatic rings. The van der Waals surface area contributed by atoms with Gasteiger partial charge in [0.25, 0.3) is 0 Å². The first-order chi connectivity index (χ1) is 16.1. The van der Waals surface area contributed by atoms with Crippen molar-refractivity contribution in [1.82, 2.24) is 4.98 Å². The molecular formula is C15H7F17N2O3. The largest absolute Gasteiger partial charge is 0.462 e. The van der Waals surface area contributed by atoms with Crippen LogP contribution in [0.25, 0.3) is 0 Å². The fourth-order valence-corrected chi connectivity index (χ4v) is 1.96. The average molecular weight is 586 g/mol. The molecule has 0 spiro atoms. The highest BCUT2D eigenvalue weighted by Crippen LogP contribution is 2.56. The van der Waals surface area contributed by atoms with Crippen molar-refractivity contribution in [2.24, 2.45) is 0 Å². The number of aromatic nitrogens is 1. The van der Waals surface area contributed by atoms with Crippen molar-refractivity contribution < 1.29 is 88.9 Å². The van der Waals surface area contributed by atoms with Gasteiger partial charge < -0.3 is 5.32 Å². The van der Waals surface area contributed by atoms with Gasteiger partial charge in [-0.1, -0.05) is 0 Å². The molecule has 5 nitrogen and oxygen atoms in total. The lowest BCUT2D eigenvalue weighted by Crippen LogP contribution is -2.68. The number of amides is 1. The van der Waals surface area contributed by atoms with E-state index >= 15 is 0 Å². The van der Waals surface area contributed by atoms with E-state index in [4.69, 9.17) is 0 Å². The number of rotatable bonds is 8. The molecule has 214 valence electrons. The maximum absolute atomic E-state index is 14.4. The Kier molecular flexibility index (Phi) is 8.11. The molecule has 0 aliphatic heterocycles. The minimum absolute atomic E-state index is 0.0223. The van der Waals surface area contributed by atoms with E-state index in [0.717, 1.165) is 18.3 Å². The number of hydrogen-bond donors (Lipinski definition) is 1.